The summed E-state index contributed by atoms with van der Waals surface area (Å²) in [4.78, 5) is 10.8. The van der Waals surface area contributed by atoms with E-state index in [2.05, 4.69) is 24.9 Å². The number of carbonyl (C=O) groups is 1. The Morgan fingerprint density at radius 3 is 1.44 bits per heavy atom. The maximum atomic E-state index is 10.8. The van der Waals surface area contributed by atoms with Crippen LogP contribution in [0.25, 0.3) is 0 Å². The predicted octanol–water partition coefficient (Wildman–Crippen LogP) is 6.22. The van der Waals surface area contributed by atoms with Crippen LogP contribution in [0.4, 0.5) is 0 Å². The number of rotatable bonds is 20. The average Bonchev–Trinajstić information content (AvgIpc) is 2.60. The fourth-order valence-electron chi connectivity index (χ4n) is 3.18. The molecule has 0 radical (unpaired) electrons. The van der Waals surface area contributed by atoms with Crippen LogP contribution < -0.4 is 5.32 Å². The molecule has 0 aliphatic carbocycles. The van der Waals surface area contributed by atoms with Crippen molar-refractivity contribution in [2.24, 2.45) is 0 Å². The molecule has 3 nitrogen and oxygen atoms in total. The number of thiol groups is 1. The summed E-state index contributed by atoms with van der Waals surface area (Å²) in [6, 6.07) is -0.500. The highest BCUT2D eigenvalue weighted by atomic mass is 32.1. The van der Waals surface area contributed by atoms with E-state index in [4.69, 9.17) is 5.11 Å². The van der Waals surface area contributed by atoms with Gasteiger partial charge in [0.25, 0.3) is 0 Å². The Morgan fingerprint density at radius 1 is 0.760 bits per heavy atom. The van der Waals surface area contributed by atoms with Crippen molar-refractivity contribution >= 4 is 18.6 Å². The minimum atomic E-state index is -0.800. The molecule has 0 heterocycles. The van der Waals surface area contributed by atoms with E-state index in [0.717, 1.165) is 13.0 Å². The molecule has 0 rings (SSSR count). The third-order valence-corrected chi connectivity index (χ3v) is 5.27. The lowest BCUT2D eigenvalue weighted by Gasteiger charge is -2.11. The quantitative estimate of drug-likeness (QED) is 0.175. The van der Waals surface area contributed by atoms with Crippen LogP contribution in [0.5, 0.6) is 0 Å². The van der Waals surface area contributed by atoms with Gasteiger partial charge in [-0.15, -0.1) is 0 Å². The van der Waals surface area contributed by atoms with Crippen LogP contribution in [-0.2, 0) is 4.79 Å². The van der Waals surface area contributed by atoms with Crippen LogP contribution in [0.15, 0.2) is 0 Å². The number of aliphatic carboxylic acids is 1. The summed E-state index contributed by atoms with van der Waals surface area (Å²) in [5.41, 5.74) is 0. The molecule has 2 N–H and O–H groups in total. The fourth-order valence-corrected chi connectivity index (χ4v) is 3.46. The van der Waals surface area contributed by atoms with Gasteiger partial charge in [-0.1, -0.05) is 103 Å². The molecule has 0 aliphatic rings. The Labute approximate surface area is 162 Å². The van der Waals surface area contributed by atoms with Crippen molar-refractivity contribution in [1.82, 2.24) is 5.32 Å². The van der Waals surface area contributed by atoms with Crippen LogP contribution >= 0.6 is 12.6 Å². The van der Waals surface area contributed by atoms with Gasteiger partial charge in [-0.2, -0.15) is 12.6 Å². The lowest BCUT2D eigenvalue weighted by molar-refractivity contribution is -0.138. The zero-order chi connectivity index (χ0) is 18.6. The molecule has 0 bridgehead atoms. The second-order valence-corrected chi connectivity index (χ2v) is 7.70. The maximum Gasteiger partial charge on any atom is 0.321 e. The Hall–Kier alpha value is -0.220. The van der Waals surface area contributed by atoms with Gasteiger partial charge >= 0.3 is 5.97 Å². The highest BCUT2D eigenvalue weighted by molar-refractivity contribution is 7.80. The monoisotopic (exact) mass is 373 g/mol. The van der Waals surface area contributed by atoms with Gasteiger partial charge < -0.3 is 10.4 Å². The van der Waals surface area contributed by atoms with Crippen molar-refractivity contribution in [3.63, 3.8) is 0 Å². The fraction of sp³-hybridized carbons (Fsp3) is 0.952. The third kappa shape index (κ3) is 18.4. The third-order valence-electron chi connectivity index (χ3n) is 4.90. The highest BCUT2D eigenvalue weighted by Crippen LogP contribution is 2.13. The van der Waals surface area contributed by atoms with E-state index in [1.54, 1.807) is 0 Å². The molecule has 4 heteroatoms. The summed E-state index contributed by atoms with van der Waals surface area (Å²) < 4.78 is 0. The largest absolute Gasteiger partial charge is 0.480 e. The smallest absolute Gasteiger partial charge is 0.321 e. The maximum absolute atomic E-state index is 10.8. The van der Waals surface area contributed by atoms with Crippen LogP contribution in [-0.4, -0.2) is 29.4 Å². The van der Waals surface area contributed by atoms with Crippen LogP contribution in [0.2, 0.25) is 0 Å². The lowest BCUT2D eigenvalue weighted by atomic mass is 10.0. The summed E-state index contributed by atoms with van der Waals surface area (Å²) in [5, 5.41) is 11.9. The zero-order valence-electron chi connectivity index (χ0n) is 16.6. The number of nitrogens with one attached hydrogen (secondary N) is 1. The van der Waals surface area contributed by atoms with Gasteiger partial charge in [-0.25, -0.2) is 0 Å². The molecule has 0 spiro atoms. The molecule has 150 valence electrons. The molecule has 1 atom stereocenters. The van der Waals surface area contributed by atoms with Gasteiger partial charge in [0.05, 0.1) is 0 Å². The van der Waals surface area contributed by atoms with E-state index in [1.165, 1.54) is 96.3 Å². The van der Waals surface area contributed by atoms with Gasteiger partial charge in [-0.3, -0.25) is 4.79 Å². The van der Waals surface area contributed by atoms with Crippen molar-refractivity contribution in [2.75, 3.05) is 12.3 Å². The Balaban J connectivity index is 3.11. The van der Waals surface area contributed by atoms with E-state index in [1.807, 2.05) is 0 Å². The van der Waals surface area contributed by atoms with E-state index < -0.39 is 12.0 Å². The minimum absolute atomic E-state index is 0.355. The van der Waals surface area contributed by atoms with Gasteiger partial charge in [-0.05, 0) is 13.0 Å². The molecule has 0 saturated carbocycles. The molecular weight excluding hydrogens is 330 g/mol. The molecule has 0 aliphatic heterocycles. The van der Waals surface area contributed by atoms with Crippen molar-refractivity contribution in [2.45, 2.75) is 116 Å². The molecule has 0 saturated heterocycles. The number of hydrogen-bond acceptors (Lipinski definition) is 3. The van der Waals surface area contributed by atoms with Gasteiger partial charge in [0.2, 0.25) is 0 Å². The van der Waals surface area contributed by atoms with Gasteiger partial charge in [0.1, 0.15) is 6.04 Å². The average molecular weight is 374 g/mol. The highest BCUT2D eigenvalue weighted by Gasteiger charge is 2.13. The summed E-state index contributed by atoms with van der Waals surface area (Å²) >= 11 is 4.05. The van der Waals surface area contributed by atoms with Crippen LogP contribution in [0, 0.1) is 0 Å². The first-order valence-corrected chi connectivity index (χ1v) is 11.4. The molecule has 0 aromatic rings. The first kappa shape index (κ1) is 24.8. The Kier molecular flexibility index (Phi) is 19.9. The summed E-state index contributed by atoms with van der Waals surface area (Å²) in [6.45, 7) is 3.06. The van der Waals surface area contributed by atoms with Gasteiger partial charge in [0.15, 0.2) is 0 Å². The topological polar surface area (TPSA) is 49.3 Å². The molecular formula is C21H43NO2S. The van der Waals surface area contributed by atoms with Crippen LogP contribution in [0.1, 0.15) is 110 Å². The van der Waals surface area contributed by atoms with Crippen LogP contribution in [0.3, 0.4) is 0 Å². The Morgan fingerprint density at radius 2 is 1.12 bits per heavy atom. The number of unbranched alkanes of at least 4 members (excludes halogenated alkanes) is 15. The van der Waals surface area contributed by atoms with Crippen molar-refractivity contribution in [3.8, 4) is 0 Å². The lowest BCUT2D eigenvalue weighted by Crippen LogP contribution is -2.38. The first-order valence-electron chi connectivity index (χ1n) is 10.8. The molecule has 0 fully saturated rings. The summed E-state index contributed by atoms with van der Waals surface area (Å²) in [7, 11) is 0. The van der Waals surface area contributed by atoms with E-state index in [-0.39, 0.29) is 0 Å². The molecule has 0 aromatic carbocycles. The second kappa shape index (κ2) is 20.1. The summed E-state index contributed by atoms with van der Waals surface area (Å²) in [5.74, 6) is -0.444. The minimum Gasteiger partial charge on any atom is -0.480 e. The first-order chi connectivity index (χ1) is 12.2. The predicted molar refractivity (Wildman–Crippen MR) is 113 cm³/mol. The van der Waals surface area contributed by atoms with Crippen molar-refractivity contribution in [3.05, 3.63) is 0 Å². The number of hydrogen-bond donors (Lipinski definition) is 3. The number of carboxylic acid groups (broad SMARTS) is 1. The molecule has 0 unspecified atom stereocenters. The zero-order valence-corrected chi connectivity index (χ0v) is 17.5. The van der Waals surface area contributed by atoms with Crippen molar-refractivity contribution < 1.29 is 9.90 Å². The standard InChI is InChI=1S/C21H43NO2S/c1-2-3-4-5-6-7-8-9-10-11-12-13-14-15-16-17-18-22-20(19-25)21(23)24/h20,22,25H,2-19H2,1H3,(H,23,24)/t20-/m1/s1. The second-order valence-electron chi connectivity index (χ2n) is 7.33. The van der Waals surface area contributed by atoms with E-state index >= 15 is 0 Å². The molecule has 0 amide bonds. The normalized spacial score (nSPS) is 12.4. The number of carboxylic acids is 1. The van der Waals surface area contributed by atoms with Gasteiger partial charge in [0, 0.05) is 5.75 Å². The van der Waals surface area contributed by atoms with Crippen molar-refractivity contribution in [1.29, 1.82) is 0 Å². The summed E-state index contributed by atoms with van der Waals surface area (Å²) in [6.07, 6.45) is 21.8. The van der Waals surface area contributed by atoms with E-state index in [9.17, 15) is 4.79 Å². The molecule has 25 heavy (non-hydrogen) atoms. The molecule has 0 aromatic heterocycles. The SMILES string of the molecule is CCCCCCCCCCCCCCCCCCN[C@H](CS)C(=O)O. The van der Waals surface area contributed by atoms with E-state index in [0.29, 0.717) is 5.75 Å². The Bertz CT molecular complexity index is 287.